The Bertz CT molecular complexity index is 990. The average molecular weight is 446 g/mol. The lowest BCUT2D eigenvalue weighted by molar-refractivity contribution is 0.126. The van der Waals surface area contributed by atoms with E-state index >= 15 is 0 Å². The summed E-state index contributed by atoms with van der Waals surface area (Å²) in [5, 5.41) is 0. The van der Waals surface area contributed by atoms with Crippen LogP contribution < -0.4 is 4.90 Å². The molecule has 5 heteroatoms. The van der Waals surface area contributed by atoms with Crippen LogP contribution in [0.5, 0.6) is 0 Å². The van der Waals surface area contributed by atoms with Crippen molar-refractivity contribution in [3.8, 4) is 0 Å². The van der Waals surface area contributed by atoms with Crippen LogP contribution >= 0.6 is 0 Å². The molecule has 1 aliphatic carbocycles. The van der Waals surface area contributed by atoms with Crippen molar-refractivity contribution in [3.05, 3.63) is 58.9 Å². The van der Waals surface area contributed by atoms with Gasteiger partial charge >= 0.3 is 0 Å². The molecule has 6 rings (SSSR count). The molecule has 3 aliphatic heterocycles. The Kier molecular flexibility index (Phi) is 5.89. The first kappa shape index (κ1) is 21.6. The van der Waals surface area contributed by atoms with Crippen molar-refractivity contribution in [1.82, 2.24) is 19.7 Å². The number of pyridine rings is 1. The molecular formula is C28H39N5. The maximum absolute atomic E-state index is 4.81. The summed E-state index contributed by atoms with van der Waals surface area (Å²) in [5.41, 5.74) is 7.44. The van der Waals surface area contributed by atoms with Crippen molar-refractivity contribution < 1.29 is 0 Å². The number of nitrogens with zero attached hydrogens (tertiary/aromatic N) is 5. The molecule has 0 amide bonds. The number of benzene rings is 1. The van der Waals surface area contributed by atoms with Crippen LogP contribution in [0.3, 0.4) is 0 Å². The molecule has 2 saturated heterocycles. The van der Waals surface area contributed by atoms with Crippen molar-refractivity contribution in [2.75, 3.05) is 51.7 Å². The number of aromatic nitrogens is 1. The van der Waals surface area contributed by atoms with Crippen LogP contribution in [0.15, 0.2) is 36.5 Å². The van der Waals surface area contributed by atoms with Crippen LogP contribution in [0.2, 0.25) is 0 Å². The fourth-order valence-corrected chi connectivity index (χ4v) is 6.98. The Labute approximate surface area is 199 Å². The number of hydrogen-bond acceptors (Lipinski definition) is 5. The van der Waals surface area contributed by atoms with Crippen molar-refractivity contribution in [2.45, 2.75) is 63.2 Å². The fraction of sp³-hybridized carbons (Fsp3) is 0.607. The summed E-state index contributed by atoms with van der Waals surface area (Å²) < 4.78 is 0. The number of piperazine rings is 1. The molecule has 0 unspecified atom stereocenters. The van der Waals surface area contributed by atoms with E-state index in [9.17, 15) is 0 Å². The second-order valence-corrected chi connectivity index (χ2v) is 10.9. The van der Waals surface area contributed by atoms with Gasteiger partial charge in [-0.25, -0.2) is 0 Å². The largest absolute Gasteiger partial charge is 0.368 e. The van der Waals surface area contributed by atoms with Gasteiger partial charge in [0.2, 0.25) is 0 Å². The minimum atomic E-state index is 0.454. The third-order valence-electron chi connectivity index (χ3n) is 8.86. The summed E-state index contributed by atoms with van der Waals surface area (Å²) in [5.74, 6) is 0. The molecule has 2 fully saturated rings. The summed E-state index contributed by atoms with van der Waals surface area (Å²) >= 11 is 0. The minimum absolute atomic E-state index is 0.454. The van der Waals surface area contributed by atoms with Gasteiger partial charge in [0.15, 0.2) is 0 Å². The van der Waals surface area contributed by atoms with Gasteiger partial charge in [-0.05, 0) is 88.0 Å². The van der Waals surface area contributed by atoms with Gasteiger partial charge in [-0.1, -0.05) is 18.2 Å². The number of anilines is 1. The molecule has 0 saturated carbocycles. The second-order valence-electron chi connectivity index (χ2n) is 10.9. The topological polar surface area (TPSA) is 25.9 Å². The van der Waals surface area contributed by atoms with E-state index in [1.807, 2.05) is 6.20 Å². The van der Waals surface area contributed by atoms with Crippen molar-refractivity contribution in [1.29, 1.82) is 0 Å². The third kappa shape index (κ3) is 4.09. The Balaban J connectivity index is 1.21. The Hall–Kier alpha value is -1.95. The van der Waals surface area contributed by atoms with Crippen molar-refractivity contribution >= 4 is 5.69 Å². The second kappa shape index (κ2) is 9.01. The third-order valence-corrected chi connectivity index (χ3v) is 8.86. The van der Waals surface area contributed by atoms with E-state index in [1.54, 1.807) is 5.56 Å². The van der Waals surface area contributed by atoms with E-state index in [1.165, 1.54) is 80.8 Å². The summed E-state index contributed by atoms with van der Waals surface area (Å²) in [7, 11) is 4.64. The molecular weight excluding hydrogens is 406 g/mol. The van der Waals surface area contributed by atoms with Crippen LogP contribution in [-0.4, -0.2) is 78.6 Å². The van der Waals surface area contributed by atoms with Crippen LogP contribution in [0, 0.1) is 0 Å². The Morgan fingerprint density at radius 2 is 1.94 bits per heavy atom. The fourth-order valence-electron chi connectivity index (χ4n) is 6.98. The summed E-state index contributed by atoms with van der Waals surface area (Å²) in [6.07, 6.45) is 9.56. The highest BCUT2D eigenvalue weighted by molar-refractivity contribution is 5.58. The zero-order valence-corrected chi connectivity index (χ0v) is 20.4. The molecule has 33 heavy (non-hydrogen) atoms. The smallest absolute Gasteiger partial charge is 0.0607 e. The maximum Gasteiger partial charge on any atom is 0.0607 e. The predicted molar refractivity (Wildman–Crippen MR) is 135 cm³/mol. The van der Waals surface area contributed by atoms with Gasteiger partial charge in [-0.15, -0.1) is 0 Å². The normalized spacial score (nSPS) is 28.0. The van der Waals surface area contributed by atoms with E-state index in [0.717, 1.165) is 25.6 Å². The highest BCUT2D eigenvalue weighted by atomic mass is 15.3. The standard InChI is InChI=1S/C28H39N5/c1-30-18-22-8-4-11-26(33-16-15-32-14-6-10-23(32)20-33)25(22)17-24(30)19-31(2)27-12-3-7-21-9-5-13-29-28(21)27/h4-5,8-9,11,13,23-24,27H,3,6-7,10,12,14-20H2,1-2H3/t23-,24+,27-/m0/s1. The molecule has 0 N–H and O–H groups in total. The first-order chi connectivity index (χ1) is 16.2. The number of hydrogen-bond donors (Lipinski definition) is 0. The lowest BCUT2D eigenvalue weighted by Crippen LogP contribution is -2.51. The number of rotatable bonds is 4. The van der Waals surface area contributed by atoms with Crippen molar-refractivity contribution in [2.24, 2.45) is 0 Å². The lowest BCUT2D eigenvalue weighted by Gasteiger charge is -2.43. The van der Waals surface area contributed by atoms with Crippen LogP contribution in [0.4, 0.5) is 5.69 Å². The Morgan fingerprint density at radius 1 is 1.03 bits per heavy atom. The molecule has 0 spiro atoms. The molecule has 4 heterocycles. The number of likely N-dealkylation sites (N-methyl/N-ethyl adjacent to an activating group) is 2. The maximum atomic E-state index is 4.81. The predicted octanol–water partition coefficient (Wildman–Crippen LogP) is 3.73. The zero-order chi connectivity index (χ0) is 22.4. The van der Waals surface area contributed by atoms with Gasteiger partial charge in [0.1, 0.15) is 0 Å². The van der Waals surface area contributed by atoms with Crippen LogP contribution in [-0.2, 0) is 19.4 Å². The van der Waals surface area contributed by atoms with E-state index in [4.69, 9.17) is 4.98 Å². The van der Waals surface area contributed by atoms with Gasteiger partial charge in [-0.2, -0.15) is 0 Å². The first-order valence-corrected chi connectivity index (χ1v) is 13.1. The molecule has 5 nitrogen and oxygen atoms in total. The quantitative estimate of drug-likeness (QED) is 0.714. The van der Waals surface area contributed by atoms with E-state index in [-0.39, 0.29) is 0 Å². The molecule has 0 radical (unpaired) electrons. The molecule has 1 aromatic heterocycles. The monoisotopic (exact) mass is 445 g/mol. The van der Waals surface area contributed by atoms with Crippen LogP contribution in [0.1, 0.15) is 54.1 Å². The molecule has 3 atom stereocenters. The summed E-state index contributed by atoms with van der Waals surface area (Å²) in [6.45, 7) is 7.09. The molecule has 4 aliphatic rings. The molecule has 176 valence electrons. The van der Waals surface area contributed by atoms with Gasteiger partial charge < -0.3 is 4.90 Å². The Morgan fingerprint density at radius 3 is 2.88 bits per heavy atom. The average Bonchev–Trinajstić information content (AvgIpc) is 3.32. The van der Waals surface area contributed by atoms with Gasteiger partial charge in [0.25, 0.3) is 0 Å². The SMILES string of the molecule is CN1Cc2cccc(N3CCN4CCC[C@H]4C3)c2C[C@@H]1CN(C)[C@H]1CCCc2cccnc21. The lowest BCUT2D eigenvalue weighted by atomic mass is 9.89. The number of fused-ring (bicyclic) bond motifs is 3. The van der Waals surface area contributed by atoms with E-state index in [0.29, 0.717) is 12.1 Å². The van der Waals surface area contributed by atoms with Crippen LogP contribution in [0.25, 0.3) is 0 Å². The molecule has 2 aromatic rings. The van der Waals surface area contributed by atoms with Crippen molar-refractivity contribution in [3.63, 3.8) is 0 Å². The summed E-state index contributed by atoms with van der Waals surface area (Å²) in [4.78, 5) is 15.4. The van der Waals surface area contributed by atoms with Gasteiger partial charge in [0.05, 0.1) is 11.7 Å². The number of aryl methyl sites for hydroxylation is 1. The zero-order valence-electron chi connectivity index (χ0n) is 20.4. The van der Waals surface area contributed by atoms with E-state index in [2.05, 4.69) is 64.0 Å². The highest BCUT2D eigenvalue weighted by Gasteiger charge is 2.34. The van der Waals surface area contributed by atoms with E-state index < -0.39 is 0 Å². The van der Waals surface area contributed by atoms with Gasteiger partial charge in [-0.3, -0.25) is 19.7 Å². The molecule has 1 aromatic carbocycles. The minimum Gasteiger partial charge on any atom is -0.368 e. The molecule has 0 bridgehead atoms. The van der Waals surface area contributed by atoms with Gasteiger partial charge in [0, 0.05) is 56.7 Å². The summed E-state index contributed by atoms with van der Waals surface area (Å²) in [6, 6.07) is 13.2. The highest BCUT2D eigenvalue weighted by Crippen LogP contribution is 2.36. The first-order valence-electron chi connectivity index (χ1n) is 13.1.